The lowest BCUT2D eigenvalue weighted by molar-refractivity contribution is 0.0349. The van der Waals surface area contributed by atoms with E-state index in [1.807, 2.05) is 0 Å². The molecule has 0 aromatic heterocycles. The maximum atomic E-state index is 12.2. The zero-order valence-corrected chi connectivity index (χ0v) is 25.4. The highest BCUT2D eigenvalue weighted by molar-refractivity contribution is 7.99. The average molecular weight is 572 g/mol. The number of unbranched alkanes of at least 4 members (excludes halogenated alkanes) is 3. The fourth-order valence-electron chi connectivity index (χ4n) is 5.83. The van der Waals surface area contributed by atoms with Gasteiger partial charge in [-0.25, -0.2) is 0 Å². The molecule has 0 bridgehead atoms. The third-order valence-electron chi connectivity index (χ3n) is 7.78. The molecule has 0 amide bonds. The molecular weight excluding hydrogens is 526 g/mol. The van der Waals surface area contributed by atoms with Gasteiger partial charge in [-0.05, 0) is 56.4 Å². The lowest BCUT2D eigenvalue weighted by Gasteiger charge is -2.52. The minimum absolute atomic E-state index is 0.00841. The highest BCUT2D eigenvalue weighted by atomic mass is 32.2. The van der Waals surface area contributed by atoms with Crippen molar-refractivity contribution in [3.63, 3.8) is 0 Å². The molecule has 8 heteroatoms. The molecule has 4 rings (SSSR count). The van der Waals surface area contributed by atoms with E-state index in [1.165, 1.54) is 15.5 Å². The molecule has 2 aromatic carbocycles. The second-order valence-electron chi connectivity index (χ2n) is 10.7. The van der Waals surface area contributed by atoms with Gasteiger partial charge in [0.25, 0.3) is 10.1 Å². The van der Waals surface area contributed by atoms with Gasteiger partial charge in [-0.15, -0.1) is 0 Å². The van der Waals surface area contributed by atoms with E-state index in [1.54, 1.807) is 11.8 Å². The first-order chi connectivity index (χ1) is 18.9. The van der Waals surface area contributed by atoms with Crippen LogP contribution in [-0.2, 0) is 10.1 Å². The molecule has 2 aliphatic rings. The van der Waals surface area contributed by atoms with E-state index in [0.717, 1.165) is 76.0 Å². The standard InChI is InChI=1S/C31H45N3O3S2/c1-4-7-14-25-19-23-32(21-8-5-2)31(33(25)22-9-6-3)28(20-24-39(35,36)37)34-26-15-10-12-17-29(26)38-30-18-13-11-16-27(30)34/h10-13,15-19,28,31H,4-9,14,20-24H2,1-3H3,(H,35,36,37). The molecular formula is C31H45N3O3S2. The monoisotopic (exact) mass is 571 g/mol. The van der Waals surface area contributed by atoms with E-state index in [2.05, 4.69) is 90.1 Å². The lowest BCUT2D eigenvalue weighted by Crippen LogP contribution is -2.62. The highest BCUT2D eigenvalue weighted by Crippen LogP contribution is 2.50. The molecule has 0 aliphatic carbocycles. The van der Waals surface area contributed by atoms with Crippen molar-refractivity contribution in [3.8, 4) is 0 Å². The molecule has 2 atom stereocenters. The van der Waals surface area contributed by atoms with Crippen molar-refractivity contribution < 1.29 is 13.0 Å². The molecule has 0 fully saturated rings. The number of para-hydroxylation sites is 2. The Labute approximate surface area is 240 Å². The molecule has 0 radical (unpaired) electrons. The van der Waals surface area contributed by atoms with Gasteiger partial charge in [-0.2, -0.15) is 8.42 Å². The summed E-state index contributed by atoms with van der Waals surface area (Å²) in [5, 5.41) is 0. The largest absolute Gasteiger partial charge is 0.357 e. The van der Waals surface area contributed by atoms with E-state index in [4.69, 9.17) is 0 Å². The van der Waals surface area contributed by atoms with Crippen LogP contribution in [0.15, 0.2) is 70.1 Å². The van der Waals surface area contributed by atoms with Crippen LogP contribution in [0.25, 0.3) is 0 Å². The zero-order chi connectivity index (χ0) is 27.8. The first-order valence-corrected chi connectivity index (χ1v) is 17.1. The SMILES string of the molecule is CCCCC1=CCN(CCCC)C(C(CCS(=O)(=O)O)N2c3ccccc3Sc3ccccc32)N1CCCC. The van der Waals surface area contributed by atoms with Crippen LogP contribution in [0.5, 0.6) is 0 Å². The minimum Gasteiger partial charge on any atom is -0.357 e. The van der Waals surface area contributed by atoms with E-state index in [0.29, 0.717) is 6.42 Å². The van der Waals surface area contributed by atoms with E-state index >= 15 is 0 Å². The quantitative estimate of drug-likeness (QED) is 0.235. The number of fused-ring (bicyclic) bond motifs is 2. The Bertz CT molecular complexity index is 1170. The van der Waals surface area contributed by atoms with Crippen LogP contribution in [0.4, 0.5) is 11.4 Å². The molecule has 2 aliphatic heterocycles. The molecule has 39 heavy (non-hydrogen) atoms. The fraction of sp³-hybridized carbons (Fsp3) is 0.548. The van der Waals surface area contributed by atoms with Gasteiger partial charge < -0.3 is 9.80 Å². The summed E-state index contributed by atoms with van der Waals surface area (Å²) in [7, 11) is -4.13. The fourth-order valence-corrected chi connectivity index (χ4v) is 7.44. The van der Waals surface area contributed by atoms with Crippen LogP contribution >= 0.6 is 11.8 Å². The molecule has 0 saturated heterocycles. The van der Waals surface area contributed by atoms with E-state index in [-0.39, 0.29) is 18.0 Å². The molecule has 0 saturated carbocycles. The third-order valence-corrected chi connectivity index (χ3v) is 9.66. The Morgan fingerprint density at radius 1 is 0.897 bits per heavy atom. The van der Waals surface area contributed by atoms with Crippen molar-refractivity contribution >= 4 is 33.3 Å². The number of benzene rings is 2. The summed E-state index contributed by atoms with van der Waals surface area (Å²) in [6.45, 7) is 9.44. The number of nitrogens with zero attached hydrogens (tertiary/aromatic N) is 3. The molecule has 6 nitrogen and oxygen atoms in total. The Hall–Kier alpha value is -2.00. The van der Waals surface area contributed by atoms with Crippen molar-refractivity contribution in [3.05, 3.63) is 60.3 Å². The van der Waals surface area contributed by atoms with Gasteiger partial charge in [-0.3, -0.25) is 9.45 Å². The third kappa shape index (κ3) is 7.40. The summed E-state index contributed by atoms with van der Waals surface area (Å²) in [5.74, 6) is -0.264. The number of rotatable bonds is 14. The Morgan fingerprint density at radius 2 is 1.49 bits per heavy atom. The maximum Gasteiger partial charge on any atom is 0.264 e. The molecule has 1 N–H and O–H groups in total. The Balaban J connectivity index is 1.88. The van der Waals surface area contributed by atoms with Gasteiger partial charge in [0, 0.05) is 35.1 Å². The van der Waals surface area contributed by atoms with Crippen LogP contribution in [0.3, 0.4) is 0 Å². The normalized spacial score (nSPS) is 18.5. The smallest absolute Gasteiger partial charge is 0.264 e. The summed E-state index contributed by atoms with van der Waals surface area (Å²) < 4.78 is 34.3. The highest BCUT2D eigenvalue weighted by Gasteiger charge is 2.41. The van der Waals surface area contributed by atoms with E-state index in [9.17, 15) is 13.0 Å². The number of hydrogen-bond acceptors (Lipinski definition) is 6. The van der Waals surface area contributed by atoms with Crippen LogP contribution in [-0.4, -0.2) is 60.4 Å². The summed E-state index contributed by atoms with van der Waals surface area (Å²) in [6, 6.07) is 16.7. The van der Waals surface area contributed by atoms with E-state index < -0.39 is 10.1 Å². The molecule has 2 heterocycles. The summed E-state index contributed by atoms with van der Waals surface area (Å²) in [6.07, 6.45) is 10.4. The van der Waals surface area contributed by atoms with Gasteiger partial charge in [-0.1, -0.05) is 82.1 Å². The summed E-state index contributed by atoms with van der Waals surface area (Å²) in [4.78, 5) is 9.87. The number of allylic oxidation sites excluding steroid dienone is 1. The Kier molecular flexibility index (Phi) is 10.8. The second-order valence-corrected chi connectivity index (χ2v) is 13.3. The average Bonchev–Trinajstić information content (AvgIpc) is 2.93. The number of hydrogen-bond donors (Lipinski definition) is 1. The second kappa shape index (κ2) is 14.1. The number of anilines is 2. The minimum atomic E-state index is -4.13. The van der Waals surface area contributed by atoms with Crippen LogP contribution in [0.1, 0.15) is 72.1 Å². The Morgan fingerprint density at radius 3 is 2.08 bits per heavy atom. The lowest BCUT2D eigenvalue weighted by atomic mass is 9.99. The summed E-state index contributed by atoms with van der Waals surface area (Å²) in [5.41, 5.74) is 3.60. The van der Waals surface area contributed by atoms with Crippen molar-refractivity contribution in [1.29, 1.82) is 0 Å². The topological polar surface area (TPSA) is 64.1 Å². The van der Waals surface area contributed by atoms with Gasteiger partial charge in [0.15, 0.2) is 0 Å². The predicted molar refractivity (Wildman–Crippen MR) is 163 cm³/mol. The van der Waals surface area contributed by atoms with Gasteiger partial charge in [0.1, 0.15) is 6.17 Å². The molecule has 2 aromatic rings. The molecule has 214 valence electrons. The van der Waals surface area contributed by atoms with Crippen molar-refractivity contribution in [1.82, 2.24) is 9.80 Å². The van der Waals surface area contributed by atoms with Crippen LogP contribution < -0.4 is 4.90 Å². The van der Waals surface area contributed by atoms with Crippen molar-refractivity contribution in [2.75, 3.05) is 30.3 Å². The zero-order valence-electron chi connectivity index (χ0n) is 23.8. The van der Waals surface area contributed by atoms with Crippen molar-refractivity contribution in [2.24, 2.45) is 0 Å². The predicted octanol–water partition coefficient (Wildman–Crippen LogP) is 7.55. The van der Waals surface area contributed by atoms with Gasteiger partial charge >= 0.3 is 0 Å². The first-order valence-electron chi connectivity index (χ1n) is 14.7. The molecule has 0 spiro atoms. The molecule has 2 unspecified atom stereocenters. The van der Waals surface area contributed by atoms with Crippen LogP contribution in [0, 0.1) is 0 Å². The first kappa shape index (κ1) is 30.0. The summed E-state index contributed by atoms with van der Waals surface area (Å²) >= 11 is 1.77. The van der Waals surface area contributed by atoms with Crippen LogP contribution in [0.2, 0.25) is 0 Å². The van der Waals surface area contributed by atoms with Gasteiger partial charge in [0.05, 0.1) is 23.2 Å². The maximum absolute atomic E-state index is 12.2. The van der Waals surface area contributed by atoms with Crippen molar-refractivity contribution in [2.45, 2.75) is 94.1 Å². The van der Waals surface area contributed by atoms with Gasteiger partial charge in [0.2, 0.25) is 0 Å².